The zero-order valence-electron chi connectivity index (χ0n) is 8.84. The summed E-state index contributed by atoms with van der Waals surface area (Å²) in [5.74, 6) is 0. The highest BCUT2D eigenvalue weighted by Crippen LogP contribution is 2.29. The van der Waals surface area contributed by atoms with E-state index < -0.39 is 0 Å². The zero-order chi connectivity index (χ0) is 11.4. The Kier molecular flexibility index (Phi) is 3.23. The summed E-state index contributed by atoms with van der Waals surface area (Å²) >= 11 is 1.56. The van der Waals surface area contributed by atoms with Gasteiger partial charge >= 0.3 is 0 Å². The third kappa shape index (κ3) is 2.41. The van der Waals surface area contributed by atoms with E-state index in [-0.39, 0.29) is 0 Å². The number of pyridine rings is 1. The standard InChI is InChI=1S/C13H10N2S/c1-10-4-6-11(7-5-10)16-13-3-2-8-15-12(13)9-14/h2-8H,1H3. The maximum Gasteiger partial charge on any atom is 0.154 e. The molecular weight excluding hydrogens is 216 g/mol. The van der Waals surface area contributed by atoms with Crippen LogP contribution in [-0.4, -0.2) is 4.98 Å². The zero-order valence-corrected chi connectivity index (χ0v) is 9.66. The lowest BCUT2D eigenvalue weighted by molar-refractivity contribution is 1.17. The van der Waals surface area contributed by atoms with Crippen molar-refractivity contribution in [3.05, 3.63) is 53.9 Å². The van der Waals surface area contributed by atoms with E-state index in [9.17, 15) is 0 Å². The maximum absolute atomic E-state index is 8.91. The van der Waals surface area contributed by atoms with E-state index >= 15 is 0 Å². The predicted molar refractivity (Wildman–Crippen MR) is 64.3 cm³/mol. The first kappa shape index (κ1) is 10.7. The molecule has 0 atom stereocenters. The topological polar surface area (TPSA) is 36.7 Å². The van der Waals surface area contributed by atoms with Crippen molar-refractivity contribution >= 4 is 11.8 Å². The van der Waals surface area contributed by atoms with Crippen LogP contribution in [-0.2, 0) is 0 Å². The Balaban J connectivity index is 2.27. The van der Waals surface area contributed by atoms with Crippen molar-refractivity contribution < 1.29 is 0 Å². The fourth-order valence-electron chi connectivity index (χ4n) is 1.29. The first-order valence-corrected chi connectivity index (χ1v) is 5.71. The molecule has 0 bridgehead atoms. The molecule has 0 unspecified atom stereocenters. The van der Waals surface area contributed by atoms with Crippen LogP contribution in [0.3, 0.4) is 0 Å². The molecule has 0 amide bonds. The Hall–Kier alpha value is -1.79. The first-order chi connectivity index (χ1) is 7.79. The van der Waals surface area contributed by atoms with Crippen LogP contribution in [0.1, 0.15) is 11.3 Å². The number of nitrogens with zero attached hydrogens (tertiary/aromatic N) is 2. The van der Waals surface area contributed by atoms with Gasteiger partial charge in [0.25, 0.3) is 0 Å². The highest BCUT2D eigenvalue weighted by molar-refractivity contribution is 7.99. The van der Waals surface area contributed by atoms with Crippen LogP contribution < -0.4 is 0 Å². The Morgan fingerprint density at radius 2 is 1.94 bits per heavy atom. The molecule has 0 aliphatic heterocycles. The molecule has 1 heterocycles. The summed E-state index contributed by atoms with van der Waals surface area (Å²) in [6, 6.07) is 14.1. The summed E-state index contributed by atoms with van der Waals surface area (Å²) in [6.45, 7) is 2.05. The minimum absolute atomic E-state index is 0.480. The van der Waals surface area contributed by atoms with E-state index in [0.29, 0.717) is 5.69 Å². The van der Waals surface area contributed by atoms with Crippen molar-refractivity contribution in [1.82, 2.24) is 4.98 Å². The summed E-state index contributed by atoms with van der Waals surface area (Å²) in [6.07, 6.45) is 1.64. The van der Waals surface area contributed by atoms with Gasteiger partial charge in [-0.2, -0.15) is 5.26 Å². The van der Waals surface area contributed by atoms with Crippen LogP contribution in [0.2, 0.25) is 0 Å². The second kappa shape index (κ2) is 4.82. The van der Waals surface area contributed by atoms with Gasteiger partial charge in [0.05, 0.1) is 0 Å². The van der Waals surface area contributed by atoms with Gasteiger partial charge in [-0.05, 0) is 31.2 Å². The quantitative estimate of drug-likeness (QED) is 0.787. The second-order valence-electron chi connectivity index (χ2n) is 3.38. The highest BCUT2D eigenvalue weighted by atomic mass is 32.2. The largest absolute Gasteiger partial charge is 0.244 e. The summed E-state index contributed by atoms with van der Waals surface area (Å²) < 4.78 is 0. The number of aromatic nitrogens is 1. The van der Waals surface area contributed by atoms with Crippen LogP contribution >= 0.6 is 11.8 Å². The molecule has 0 saturated heterocycles. The fourth-order valence-corrected chi connectivity index (χ4v) is 2.16. The number of nitriles is 1. The molecule has 0 saturated carbocycles. The van der Waals surface area contributed by atoms with Gasteiger partial charge in [0, 0.05) is 16.0 Å². The predicted octanol–water partition coefficient (Wildman–Crippen LogP) is 3.41. The van der Waals surface area contributed by atoms with E-state index in [1.54, 1.807) is 18.0 Å². The van der Waals surface area contributed by atoms with E-state index in [1.807, 2.05) is 24.3 Å². The molecule has 16 heavy (non-hydrogen) atoms. The third-order valence-corrected chi connectivity index (χ3v) is 3.18. The molecule has 0 aliphatic rings. The lowest BCUT2D eigenvalue weighted by Crippen LogP contribution is -1.85. The molecule has 78 valence electrons. The van der Waals surface area contributed by atoms with Gasteiger partial charge in [0.15, 0.2) is 5.69 Å². The minimum Gasteiger partial charge on any atom is -0.244 e. The van der Waals surface area contributed by atoms with Crippen LogP contribution in [0.15, 0.2) is 52.4 Å². The lowest BCUT2D eigenvalue weighted by Gasteiger charge is -2.02. The van der Waals surface area contributed by atoms with Gasteiger partial charge in [0.1, 0.15) is 6.07 Å². The lowest BCUT2D eigenvalue weighted by atomic mass is 10.2. The summed E-state index contributed by atoms with van der Waals surface area (Å²) in [5, 5.41) is 8.91. The number of rotatable bonds is 2. The summed E-state index contributed by atoms with van der Waals surface area (Å²) in [5.41, 5.74) is 1.71. The Bertz CT molecular complexity index is 526. The number of benzene rings is 1. The van der Waals surface area contributed by atoms with E-state index in [1.165, 1.54) is 5.56 Å². The molecule has 0 aliphatic carbocycles. The molecule has 2 aromatic rings. The molecule has 3 heteroatoms. The van der Waals surface area contributed by atoms with E-state index in [0.717, 1.165) is 9.79 Å². The van der Waals surface area contributed by atoms with Crippen molar-refractivity contribution in [3.63, 3.8) is 0 Å². The number of aryl methyl sites for hydroxylation is 1. The van der Waals surface area contributed by atoms with Crippen molar-refractivity contribution in [2.75, 3.05) is 0 Å². The van der Waals surface area contributed by atoms with Gasteiger partial charge in [-0.3, -0.25) is 0 Å². The molecule has 0 N–H and O–H groups in total. The molecule has 2 rings (SSSR count). The van der Waals surface area contributed by atoms with Gasteiger partial charge < -0.3 is 0 Å². The van der Waals surface area contributed by atoms with Gasteiger partial charge in [0.2, 0.25) is 0 Å². The molecular formula is C13H10N2S. The van der Waals surface area contributed by atoms with E-state index in [2.05, 4.69) is 30.1 Å². The van der Waals surface area contributed by atoms with Crippen LogP contribution in [0, 0.1) is 18.3 Å². The molecule has 1 aromatic carbocycles. The second-order valence-corrected chi connectivity index (χ2v) is 4.49. The normalized spacial score (nSPS) is 9.75. The number of hydrogen-bond donors (Lipinski definition) is 0. The molecule has 0 spiro atoms. The Morgan fingerprint density at radius 1 is 1.19 bits per heavy atom. The number of hydrogen-bond acceptors (Lipinski definition) is 3. The smallest absolute Gasteiger partial charge is 0.154 e. The van der Waals surface area contributed by atoms with Crippen LogP contribution in [0.25, 0.3) is 0 Å². The highest BCUT2D eigenvalue weighted by Gasteiger charge is 2.03. The molecule has 2 nitrogen and oxygen atoms in total. The monoisotopic (exact) mass is 226 g/mol. The summed E-state index contributed by atoms with van der Waals surface area (Å²) in [4.78, 5) is 6.05. The van der Waals surface area contributed by atoms with Gasteiger partial charge in [-0.15, -0.1) is 0 Å². The van der Waals surface area contributed by atoms with Gasteiger partial charge in [-0.25, -0.2) is 4.98 Å². The minimum atomic E-state index is 0.480. The van der Waals surface area contributed by atoms with Crippen molar-refractivity contribution in [2.45, 2.75) is 16.7 Å². The fraction of sp³-hybridized carbons (Fsp3) is 0.0769. The van der Waals surface area contributed by atoms with Crippen LogP contribution in [0.5, 0.6) is 0 Å². The average molecular weight is 226 g/mol. The van der Waals surface area contributed by atoms with Crippen LogP contribution in [0.4, 0.5) is 0 Å². The van der Waals surface area contributed by atoms with Crippen molar-refractivity contribution in [3.8, 4) is 6.07 Å². The maximum atomic E-state index is 8.91. The third-order valence-electron chi connectivity index (χ3n) is 2.13. The Morgan fingerprint density at radius 3 is 2.62 bits per heavy atom. The Labute approximate surface area is 99.0 Å². The first-order valence-electron chi connectivity index (χ1n) is 4.89. The SMILES string of the molecule is Cc1ccc(Sc2cccnc2C#N)cc1. The van der Waals surface area contributed by atoms with Gasteiger partial charge in [-0.1, -0.05) is 29.5 Å². The van der Waals surface area contributed by atoms with Crippen molar-refractivity contribution in [1.29, 1.82) is 5.26 Å². The summed E-state index contributed by atoms with van der Waals surface area (Å²) in [7, 11) is 0. The molecule has 0 fully saturated rings. The molecule has 1 aromatic heterocycles. The van der Waals surface area contributed by atoms with E-state index in [4.69, 9.17) is 5.26 Å². The molecule has 0 radical (unpaired) electrons. The average Bonchev–Trinajstić information content (AvgIpc) is 2.33. The van der Waals surface area contributed by atoms with Crippen molar-refractivity contribution in [2.24, 2.45) is 0 Å².